The van der Waals surface area contributed by atoms with Gasteiger partial charge in [0.25, 0.3) is 10.0 Å². The van der Waals surface area contributed by atoms with Crippen molar-refractivity contribution in [3.8, 4) is 11.5 Å². The highest BCUT2D eigenvalue weighted by atomic mass is 32.2. The van der Waals surface area contributed by atoms with Crippen LogP contribution in [0.25, 0.3) is 0 Å². The highest BCUT2D eigenvalue weighted by Gasteiger charge is 2.34. The van der Waals surface area contributed by atoms with Crippen LogP contribution < -0.4 is 19.1 Å². The molecule has 4 rings (SSSR count). The first-order valence-corrected chi connectivity index (χ1v) is 17.1. The number of methoxy groups -OCH3 is 2. The number of ether oxygens (including phenoxy) is 2. The quantitative estimate of drug-likeness (QED) is 0.154. The molecule has 9 nitrogen and oxygen atoms in total. The fourth-order valence-corrected chi connectivity index (χ4v) is 6.57. The monoisotopic (exact) mass is 657 g/mol. The molecule has 10 heteroatoms. The molecule has 1 atom stereocenters. The fraction of sp³-hybridized carbons (Fsp3) is 0.297. The largest absolute Gasteiger partial charge is 0.497 e. The summed E-state index contributed by atoms with van der Waals surface area (Å²) in [5.74, 6) is 0.178. The molecule has 4 aromatic rings. The van der Waals surface area contributed by atoms with E-state index in [-0.39, 0.29) is 29.5 Å². The summed E-state index contributed by atoms with van der Waals surface area (Å²) in [6.07, 6.45) is 1.91. The Hall–Kier alpha value is -4.83. The first-order valence-electron chi connectivity index (χ1n) is 15.6. The van der Waals surface area contributed by atoms with E-state index in [0.29, 0.717) is 18.0 Å². The van der Waals surface area contributed by atoms with Crippen molar-refractivity contribution in [2.45, 2.75) is 50.6 Å². The molecule has 0 aliphatic heterocycles. The van der Waals surface area contributed by atoms with Crippen LogP contribution >= 0.6 is 0 Å². The van der Waals surface area contributed by atoms with Gasteiger partial charge in [-0.2, -0.15) is 0 Å². The fourth-order valence-electron chi connectivity index (χ4n) is 5.16. The Balaban J connectivity index is 1.81. The summed E-state index contributed by atoms with van der Waals surface area (Å²) in [6.45, 7) is 3.86. The second-order valence-corrected chi connectivity index (χ2v) is 13.1. The van der Waals surface area contributed by atoms with Gasteiger partial charge in [-0.05, 0) is 60.9 Å². The topological polar surface area (TPSA) is 105 Å². The Bertz CT molecular complexity index is 1730. The van der Waals surface area contributed by atoms with Gasteiger partial charge in [-0.25, -0.2) is 8.42 Å². The number of nitrogens with one attached hydrogen (secondary N) is 1. The summed E-state index contributed by atoms with van der Waals surface area (Å²) >= 11 is 0. The minimum absolute atomic E-state index is 0.0382. The maximum absolute atomic E-state index is 14.6. The van der Waals surface area contributed by atoms with Crippen molar-refractivity contribution in [2.75, 3.05) is 31.6 Å². The average molecular weight is 658 g/mol. The van der Waals surface area contributed by atoms with E-state index < -0.39 is 28.5 Å². The van der Waals surface area contributed by atoms with Crippen LogP contribution in [-0.2, 0) is 32.6 Å². The van der Waals surface area contributed by atoms with Gasteiger partial charge in [0.05, 0.1) is 24.8 Å². The number of sulfonamides is 1. The third-order valence-corrected chi connectivity index (χ3v) is 9.60. The predicted octanol–water partition coefficient (Wildman–Crippen LogP) is 5.76. The molecule has 1 N–H and O–H groups in total. The van der Waals surface area contributed by atoms with Gasteiger partial charge in [0.15, 0.2) is 0 Å². The predicted molar refractivity (Wildman–Crippen MR) is 184 cm³/mol. The molecule has 0 aliphatic carbocycles. The number of anilines is 1. The van der Waals surface area contributed by atoms with Crippen LogP contribution in [0, 0.1) is 6.92 Å². The summed E-state index contributed by atoms with van der Waals surface area (Å²) in [5, 5.41) is 3.00. The molecule has 0 bridgehead atoms. The number of aryl methyl sites for hydroxylation is 1. The van der Waals surface area contributed by atoms with Crippen LogP contribution in [0.3, 0.4) is 0 Å². The van der Waals surface area contributed by atoms with E-state index in [1.807, 2.05) is 56.3 Å². The van der Waals surface area contributed by atoms with Crippen LogP contribution in [0.1, 0.15) is 36.5 Å². The summed E-state index contributed by atoms with van der Waals surface area (Å²) in [6, 6.07) is 28.8. The zero-order valence-electron chi connectivity index (χ0n) is 27.4. The first-order chi connectivity index (χ1) is 22.7. The van der Waals surface area contributed by atoms with E-state index >= 15 is 0 Å². The van der Waals surface area contributed by atoms with Crippen molar-refractivity contribution >= 4 is 27.5 Å². The molecule has 47 heavy (non-hydrogen) atoms. The smallest absolute Gasteiger partial charge is 0.264 e. The third kappa shape index (κ3) is 9.36. The van der Waals surface area contributed by atoms with E-state index in [2.05, 4.69) is 5.32 Å². The molecular formula is C37H43N3O6S. The van der Waals surface area contributed by atoms with Crippen LogP contribution in [-0.4, -0.2) is 58.5 Å². The number of hydrogen-bond acceptors (Lipinski definition) is 6. The third-order valence-electron chi connectivity index (χ3n) is 7.82. The Morgan fingerprint density at radius 1 is 0.809 bits per heavy atom. The number of hydrogen-bond donors (Lipinski definition) is 1. The van der Waals surface area contributed by atoms with E-state index in [1.54, 1.807) is 55.6 Å². The molecule has 0 radical (unpaired) electrons. The number of nitrogens with zero attached hydrogens (tertiary/aromatic N) is 2. The molecule has 2 amide bonds. The number of amides is 2. The molecule has 0 heterocycles. The molecule has 4 aromatic carbocycles. The summed E-state index contributed by atoms with van der Waals surface area (Å²) in [7, 11) is -1.17. The van der Waals surface area contributed by atoms with Gasteiger partial charge in [0.2, 0.25) is 11.8 Å². The van der Waals surface area contributed by atoms with Crippen LogP contribution in [0.2, 0.25) is 0 Å². The highest BCUT2D eigenvalue weighted by molar-refractivity contribution is 7.92. The zero-order chi connectivity index (χ0) is 33.8. The van der Waals surface area contributed by atoms with E-state index in [9.17, 15) is 18.0 Å². The number of unbranched alkanes of at least 4 members (excludes halogenated alkanes) is 1. The summed E-state index contributed by atoms with van der Waals surface area (Å²) < 4.78 is 40.4. The molecule has 248 valence electrons. The molecule has 0 aromatic heterocycles. The van der Waals surface area contributed by atoms with E-state index in [0.717, 1.165) is 33.8 Å². The standard InChI is InChI=1S/C37H43N3O6S/c1-5-6-22-38-37(42)35(24-29-12-8-7-9-13-29)39(26-30-14-10-16-32(23-30)45-3)36(41)27-40(31-15-11-17-33(25-31)46-4)47(43,44)34-20-18-28(2)19-21-34/h7-21,23,25,35H,5-6,22,24,26-27H2,1-4H3,(H,38,42). The summed E-state index contributed by atoms with van der Waals surface area (Å²) in [5.41, 5.74) is 2.75. The first kappa shape index (κ1) is 35.0. The van der Waals surface area contributed by atoms with Crippen molar-refractivity contribution in [1.29, 1.82) is 0 Å². The lowest BCUT2D eigenvalue weighted by atomic mass is 10.0. The van der Waals surface area contributed by atoms with Gasteiger partial charge in [-0.3, -0.25) is 13.9 Å². The lowest BCUT2D eigenvalue weighted by molar-refractivity contribution is -0.140. The van der Waals surface area contributed by atoms with E-state index in [1.165, 1.54) is 24.1 Å². The second-order valence-electron chi connectivity index (χ2n) is 11.2. The SMILES string of the molecule is CCCCNC(=O)C(Cc1ccccc1)N(Cc1cccc(OC)c1)C(=O)CN(c1cccc(OC)c1)S(=O)(=O)c1ccc(C)cc1. The maximum atomic E-state index is 14.6. The molecule has 0 aliphatic rings. The number of carbonyl (C=O) groups is 2. The van der Waals surface area contributed by atoms with Crippen molar-refractivity contribution < 1.29 is 27.5 Å². The van der Waals surface area contributed by atoms with Crippen molar-refractivity contribution in [1.82, 2.24) is 10.2 Å². The lowest BCUT2D eigenvalue weighted by Gasteiger charge is -2.34. The van der Waals surface area contributed by atoms with Gasteiger partial charge < -0.3 is 19.7 Å². The molecule has 1 unspecified atom stereocenters. The van der Waals surface area contributed by atoms with Gasteiger partial charge in [0, 0.05) is 25.6 Å². The van der Waals surface area contributed by atoms with E-state index in [4.69, 9.17) is 9.47 Å². The molecular weight excluding hydrogens is 614 g/mol. The van der Waals surface area contributed by atoms with Crippen molar-refractivity contribution in [3.05, 3.63) is 120 Å². The average Bonchev–Trinajstić information content (AvgIpc) is 3.09. The number of carbonyl (C=O) groups excluding carboxylic acids is 2. The van der Waals surface area contributed by atoms with Gasteiger partial charge in [-0.1, -0.05) is 79.6 Å². The Morgan fingerprint density at radius 3 is 2.11 bits per heavy atom. The van der Waals surface area contributed by atoms with Crippen molar-refractivity contribution in [2.24, 2.45) is 0 Å². The van der Waals surface area contributed by atoms with Crippen LogP contribution in [0.15, 0.2) is 108 Å². The Labute approximate surface area is 278 Å². The zero-order valence-corrected chi connectivity index (χ0v) is 28.2. The van der Waals surface area contributed by atoms with Gasteiger partial charge in [-0.15, -0.1) is 0 Å². The minimum atomic E-state index is -4.22. The molecule has 0 fully saturated rings. The highest BCUT2D eigenvalue weighted by Crippen LogP contribution is 2.28. The van der Waals surface area contributed by atoms with Crippen molar-refractivity contribution in [3.63, 3.8) is 0 Å². The number of rotatable bonds is 16. The van der Waals surface area contributed by atoms with Gasteiger partial charge >= 0.3 is 0 Å². The normalized spacial score (nSPS) is 11.7. The van der Waals surface area contributed by atoms with Gasteiger partial charge in [0.1, 0.15) is 24.1 Å². The molecule has 0 spiro atoms. The molecule has 0 saturated heterocycles. The minimum Gasteiger partial charge on any atom is -0.497 e. The van der Waals surface area contributed by atoms with Crippen LogP contribution in [0.5, 0.6) is 11.5 Å². The maximum Gasteiger partial charge on any atom is 0.264 e. The Morgan fingerprint density at radius 2 is 1.45 bits per heavy atom. The lowest BCUT2D eigenvalue weighted by Crippen LogP contribution is -2.53. The number of benzene rings is 4. The molecule has 0 saturated carbocycles. The Kier molecular flexibility index (Phi) is 12.4. The van der Waals surface area contributed by atoms with Crippen LogP contribution in [0.4, 0.5) is 5.69 Å². The summed E-state index contributed by atoms with van der Waals surface area (Å²) in [4.78, 5) is 30.0. The second kappa shape index (κ2) is 16.6.